The Morgan fingerprint density at radius 2 is 1.73 bits per heavy atom. The zero-order valence-electron chi connectivity index (χ0n) is 11.2. The molecule has 0 spiro atoms. The summed E-state index contributed by atoms with van der Waals surface area (Å²) in [6, 6.07) is 10.4. The fourth-order valence-corrected chi connectivity index (χ4v) is 2.51. The molecule has 0 aliphatic carbocycles. The smallest absolute Gasteiger partial charge is 0.317 e. The number of urea groups is 1. The van der Waals surface area contributed by atoms with Gasteiger partial charge < -0.3 is 4.57 Å². The van der Waals surface area contributed by atoms with Gasteiger partial charge in [-0.25, -0.2) is 4.79 Å². The summed E-state index contributed by atoms with van der Waals surface area (Å²) < 4.78 is 2.74. The number of barbiturate groups is 1. The van der Waals surface area contributed by atoms with E-state index in [1.54, 1.807) is 12.1 Å². The molecule has 6 nitrogen and oxygen atoms in total. The molecule has 1 aliphatic rings. The highest BCUT2D eigenvalue weighted by Crippen LogP contribution is 2.19. The van der Waals surface area contributed by atoms with Gasteiger partial charge in [0.2, 0.25) is 0 Å². The van der Waals surface area contributed by atoms with E-state index in [0.29, 0.717) is 5.69 Å². The van der Waals surface area contributed by atoms with Crippen molar-refractivity contribution in [2.45, 2.75) is 0 Å². The molecule has 0 saturated carbocycles. The number of nitrogens with zero attached hydrogens (tertiary/aromatic N) is 1. The standard InChI is InChI=1S/C15H10BrN3O3/c16-9-3-1-4-10(7-9)19-6-2-5-11(19)8-12-13(20)17-15(22)18-14(12)21/h1-8H,(H2,17,18,20,21,22). The second-order valence-electron chi connectivity index (χ2n) is 4.58. The van der Waals surface area contributed by atoms with Crippen LogP contribution in [0.25, 0.3) is 11.8 Å². The number of halogens is 1. The minimum atomic E-state index is -0.811. The largest absolute Gasteiger partial charge is 0.328 e. The molecule has 4 amide bonds. The zero-order chi connectivity index (χ0) is 15.7. The molecule has 3 rings (SSSR count). The summed E-state index contributed by atoms with van der Waals surface area (Å²) >= 11 is 3.40. The average molecular weight is 360 g/mol. The Kier molecular flexibility index (Phi) is 3.64. The van der Waals surface area contributed by atoms with Gasteiger partial charge in [-0.15, -0.1) is 0 Å². The number of aromatic nitrogens is 1. The summed E-state index contributed by atoms with van der Waals surface area (Å²) in [7, 11) is 0. The summed E-state index contributed by atoms with van der Waals surface area (Å²) in [6.45, 7) is 0. The Morgan fingerprint density at radius 1 is 1.00 bits per heavy atom. The van der Waals surface area contributed by atoms with Crippen molar-refractivity contribution in [1.29, 1.82) is 0 Å². The molecule has 1 fully saturated rings. The molecule has 0 bridgehead atoms. The van der Waals surface area contributed by atoms with E-state index in [4.69, 9.17) is 0 Å². The van der Waals surface area contributed by atoms with E-state index >= 15 is 0 Å². The molecule has 2 aromatic rings. The van der Waals surface area contributed by atoms with Gasteiger partial charge in [-0.2, -0.15) is 0 Å². The van der Waals surface area contributed by atoms with Crippen molar-refractivity contribution in [2.24, 2.45) is 0 Å². The highest BCUT2D eigenvalue weighted by atomic mass is 79.9. The van der Waals surface area contributed by atoms with Crippen LogP contribution in [0.5, 0.6) is 0 Å². The number of hydrogen-bond donors (Lipinski definition) is 2. The maximum absolute atomic E-state index is 11.8. The van der Waals surface area contributed by atoms with Crippen molar-refractivity contribution in [3.05, 3.63) is 58.3 Å². The molecular formula is C15H10BrN3O3. The van der Waals surface area contributed by atoms with Gasteiger partial charge in [0.05, 0.1) is 0 Å². The van der Waals surface area contributed by atoms with Crippen LogP contribution in [-0.2, 0) is 9.59 Å². The molecule has 110 valence electrons. The van der Waals surface area contributed by atoms with Crippen molar-refractivity contribution in [3.8, 4) is 5.69 Å². The molecule has 2 heterocycles. The minimum Gasteiger partial charge on any atom is -0.317 e. The quantitative estimate of drug-likeness (QED) is 0.635. The van der Waals surface area contributed by atoms with E-state index in [1.165, 1.54) is 6.08 Å². The number of benzene rings is 1. The van der Waals surface area contributed by atoms with Gasteiger partial charge in [0.1, 0.15) is 5.57 Å². The van der Waals surface area contributed by atoms with Gasteiger partial charge in [-0.1, -0.05) is 22.0 Å². The summed E-state index contributed by atoms with van der Waals surface area (Å²) in [5.74, 6) is -1.42. The number of hydrogen-bond acceptors (Lipinski definition) is 3. The van der Waals surface area contributed by atoms with Gasteiger partial charge in [-0.3, -0.25) is 20.2 Å². The first-order valence-corrected chi connectivity index (χ1v) is 7.15. The van der Waals surface area contributed by atoms with Gasteiger partial charge in [0, 0.05) is 22.1 Å². The van der Waals surface area contributed by atoms with Crippen molar-refractivity contribution in [2.75, 3.05) is 0 Å². The topological polar surface area (TPSA) is 80.2 Å². The molecule has 1 saturated heterocycles. The summed E-state index contributed by atoms with van der Waals surface area (Å²) in [5, 5.41) is 4.09. The minimum absolute atomic E-state index is 0.116. The van der Waals surface area contributed by atoms with Crippen LogP contribution in [-0.4, -0.2) is 22.4 Å². The van der Waals surface area contributed by atoms with E-state index in [-0.39, 0.29) is 5.57 Å². The highest BCUT2D eigenvalue weighted by Gasteiger charge is 2.27. The van der Waals surface area contributed by atoms with Crippen LogP contribution in [0.15, 0.2) is 52.6 Å². The lowest BCUT2D eigenvalue weighted by Gasteiger charge is -2.14. The maximum atomic E-state index is 11.8. The monoisotopic (exact) mass is 359 g/mol. The van der Waals surface area contributed by atoms with E-state index in [0.717, 1.165) is 10.2 Å². The predicted molar refractivity (Wildman–Crippen MR) is 83.1 cm³/mol. The van der Waals surface area contributed by atoms with E-state index < -0.39 is 17.8 Å². The van der Waals surface area contributed by atoms with Crippen molar-refractivity contribution in [3.63, 3.8) is 0 Å². The van der Waals surface area contributed by atoms with E-state index in [1.807, 2.05) is 45.7 Å². The number of imide groups is 2. The summed E-state index contributed by atoms with van der Waals surface area (Å²) in [4.78, 5) is 34.6. The van der Waals surface area contributed by atoms with E-state index in [2.05, 4.69) is 15.9 Å². The molecule has 7 heteroatoms. The Morgan fingerprint density at radius 3 is 2.41 bits per heavy atom. The Hall–Kier alpha value is -2.67. The third kappa shape index (κ3) is 2.71. The maximum Gasteiger partial charge on any atom is 0.328 e. The van der Waals surface area contributed by atoms with Crippen molar-refractivity contribution < 1.29 is 14.4 Å². The third-order valence-electron chi connectivity index (χ3n) is 3.10. The molecule has 1 aromatic heterocycles. The first-order chi connectivity index (χ1) is 10.5. The molecular weight excluding hydrogens is 350 g/mol. The van der Waals surface area contributed by atoms with Crippen LogP contribution in [0.1, 0.15) is 5.69 Å². The average Bonchev–Trinajstić information content (AvgIpc) is 2.91. The Balaban J connectivity index is 2.02. The predicted octanol–water partition coefficient (Wildman–Crippen LogP) is 1.99. The Labute approximate surface area is 133 Å². The normalized spacial score (nSPS) is 14.6. The van der Waals surface area contributed by atoms with Crippen LogP contribution in [0.3, 0.4) is 0 Å². The highest BCUT2D eigenvalue weighted by molar-refractivity contribution is 9.10. The van der Waals surface area contributed by atoms with Crippen LogP contribution < -0.4 is 10.6 Å². The van der Waals surface area contributed by atoms with Gasteiger partial charge in [0.25, 0.3) is 11.8 Å². The molecule has 22 heavy (non-hydrogen) atoms. The van der Waals surface area contributed by atoms with Crippen LogP contribution >= 0.6 is 15.9 Å². The number of amides is 4. The Bertz CT molecular complexity index is 801. The summed E-state index contributed by atoms with van der Waals surface area (Å²) in [5.41, 5.74) is 1.40. The molecule has 1 aromatic carbocycles. The number of carbonyl (C=O) groups excluding carboxylic acids is 3. The number of nitrogens with one attached hydrogen (secondary N) is 2. The lowest BCUT2D eigenvalue weighted by atomic mass is 10.1. The summed E-state index contributed by atoms with van der Waals surface area (Å²) in [6.07, 6.45) is 3.26. The lowest BCUT2D eigenvalue weighted by Crippen LogP contribution is -2.51. The SMILES string of the molecule is O=C1NC(=O)C(=Cc2cccn2-c2cccc(Br)c2)C(=O)N1. The van der Waals surface area contributed by atoms with E-state index in [9.17, 15) is 14.4 Å². The first-order valence-electron chi connectivity index (χ1n) is 6.36. The molecule has 2 N–H and O–H groups in total. The van der Waals surface area contributed by atoms with Crippen molar-refractivity contribution in [1.82, 2.24) is 15.2 Å². The number of carbonyl (C=O) groups is 3. The van der Waals surface area contributed by atoms with Crippen LogP contribution in [0.4, 0.5) is 4.79 Å². The van der Waals surface area contributed by atoms with Crippen LogP contribution in [0.2, 0.25) is 0 Å². The fraction of sp³-hybridized carbons (Fsp3) is 0. The molecule has 0 atom stereocenters. The van der Waals surface area contributed by atoms with Gasteiger partial charge in [-0.05, 0) is 36.4 Å². The second-order valence-corrected chi connectivity index (χ2v) is 5.49. The lowest BCUT2D eigenvalue weighted by molar-refractivity contribution is -0.123. The van der Waals surface area contributed by atoms with Crippen molar-refractivity contribution >= 4 is 39.9 Å². The second kappa shape index (κ2) is 5.61. The fourth-order valence-electron chi connectivity index (χ4n) is 2.13. The first kappa shape index (κ1) is 14.3. The molecule has 0 radical (unpaired) electrons. The zero-order valence-corrected chi connectivity index (χ0v) is 12.8. The third-order valence-corrected chi connectivity index (χ3v) is 3.60. The van der Waals surface area contributed by atoms with Gasteiger partial charge >= 0.3 is 6.03 Å². The number of rotatable bonds is 2. The van der Waals surface area contributed by atoms with Crippen LogP contribution in [0, 0.1) is 0 Å². The molecule has 0 unspecified atom stereocenters. The molecule has 1 aliphatic heterocycles. The van der Waals surface area contributed by atoms with Gasteiger partial charge in [0.15, 0.2) is 0 Å².